The minimum atomic E-state index is -1.49. The molecule has 12 amide bonds. The van der Waals surface area contributed by atoms with Gasteiger partial charge < -0.3 is 127 Å². The van der Waals surface area contributed by atoms with Gasteiger partial charge in [0.1, 0.15) is 66.5 Å². The molecule has 14 atom stereocenters. The lowest BCUT2D eigenvalue weighted by Gasteiger charge is -2.31. The summed E-state index contributed by atoms with van der Waals surface area (Å²) >= 11 is 0. The zero-order valence-corrected chi connectivity index (χ0v) is 63.5. The number of carbonyl (C=O) groups excluding carboxylic acids is 12. The lowest BCUT2D eigenvalue weighted by molar-refractivity contribution is -0.137. The molecule has 105 heavy (non-hydrogen) atoms. The lowest BCUT2D eigenvalue weighted by atomic mass is 9.95. The monoisotopic (exact) mass is 1490 g/mol. The first-order valence-electron chi connectivity index (χ1n) is 35.7. The Kier molecular flexibility index (Phi) is 44.8. The molecule has 35 N–H and O–H groups in total. The Morgan fingerprint density at radius 3 is 0.895 bits per heavy atom. The van der Waals surface area contributed by atoms with Crippen molar-refractivity contribution >= 4 is 101 Å². The van der Waals surface area contributed by atoms with Crippen LogP contribution in [0.2, 0.25) is 0 Å². The second-order valence-corrected chi connectivity index (χ2v) is 27.5. The van der Waals surface area contributed by atoms with E-state index in [1.807, 2.05) is 13.8 Å². The maximum Gasteiger partial charge on any atom is 0.243 e. The van der Waals surface area contributed by atoms with Gasteiger partial charge in [0, 0.05) is 32.7 Å². The van der Waals surface area contributed by atoms with Crippen molar-refractivity contribution in [1.29, 1.82) is 0 Å². The van der Waals surface area contributed by atoms with Crippen molar-refractivity contribution < 1.29 is 57.5 Å². The lowest BCUT2D eigenvalue weighted by Crippen LogP contribution is -2.62. The van der Waals surface area contributed by atoms with Crippen LogP contribution in [0.25, 0.3) is 0 Å². The minimum Gasteiger partial charge on any atom is -0.370 e. The van der Waals surface area contributed by atoms with Gasteiger partial charge in [0.15, 0.2) is 29.8 Å². The Labute approximate surface area is 616 Å². The van der Waals surface area contributed by atoms with Crippen LogP contribution in [0, 0.1) is 35.5 Å². The van der Waals surface area contributed by atoms with Crippen molar-refractivity contribution in [3.05, 3.63) is 0 Å². The minimum absolute atomic E-state index is 0.00568. The van der Waals surface area contributed by atoms with Gasteiger partial charge in [0.2, 0.25) is 70.9 Å². The number of nitrogens with one attached hydrogen (secondary N) is 11. The predicted molar refractivity (Wildman–Crippen MR) is 402 cm³/mol. The SMILES string of the molecule is CC[C@H](C)[C@H](NC(=O)[C@H](CCCN=C(N)N)NC(=O)[C@@H](NC(=O)[C@H](C)NC(=O)[C@@H](NC(=O)[C@@H](NC(=O)[C@H](CC(C)C)NC(=O)[C@H](CCCN=C(N)N)NC(=O)[C@@H](N)C(C)C)[C@@H](C)CC)C(C)C)C(C)C)C(=O)N[C@@H](CCN=C(N)N)C(=O)N[C@@H](CCCN=C(N)N)C(=O)N[C@@H](CCCN=C(N)N)C(N)=O. The number of hydrogen-bond donors (Lipinski definition) is 23. The molecule has 0 rings (SSSR count). The average molecular weight is 1490 g/mol. The van der Waals surface area contributed by atoms with Crippen LogP contribution in [0.1, 0.15) is 167 Å². The molecule has 0 heterocycles. The summed E-state index contributed by atoms with van der Waals surface area (Å²) in [5, 5.41) is 29.4. The largest absolute Gasteiger partial charge is 0.370 e. The zero-order valence-electron chi connectivity index (χ0n) is 63.5. The molecule has 0 saturated carbocycles. The van der Waals surface area contributed by atoms with Gasteiger partial charge in [0.05, 0.1) is 6.04 Å². The molecule has 0 aliphatic rings. The maximum absolute atomic E-state index is 14.6. The molecule has 0 fully saturated rings. The molecule has 0 aromatic rings. The van der Waals surface area contributed by atoms with Gasteiger partial charge in [-0.15, -0.1) is 0 Å². The second kappa shape index (κ2) is 49.6. The van der Waals surface area contributed by atoms with E-state index in [9.17, 15) is 57.5 Å². The maximum atomic E-state index is 14.6. The van der Waals surface area contributed by atoms with Crippen LogP contribution in [-0.2, 0) is 57.5 Å². The van der Waals surface area contributed by atoms with Gasteiger partial charge >= 0.3 is 0 Å². The molecule has 0 aromatic carbocycles. The van der Waals surface area contributed by atoms with Crippen LogP contribution in [0.15, 0.2) is 25.0 Å². The standard InChI is InChI=1S/C65H126N28O12/c1-14-35(11)47(59(104)88-42(24-29-82-65(76)77)53(98)85-39(21-17-26-79-62(70)71)51(96)84-38(49(67)94)20-16-25-78-61(68)69)92-54(99)41(23-19-28-81-64(74)75)87-58(103)46(34(9)10)90-50(95)37(13)83-57(102)45(33(7)8)91-60(105)48(36(12)15-2)93-55(100)43(30-31(3)4)89-52(97)40(22-18-27-80-63(72)73)86-56(101)44(66)32(5)6/h31-48H,14-30,66H2,1-13H3,(H2,67,94)(H,83,102)(H,84,96)(H,85,98)(H,86,101)(H,87,103)(H,88,104)(H,89,97)(H,90,95)(H,91,105)(H,92,99)(H,93,100)(H4,68,69,78)(H4,70,71,79)(H4,72,73,80)(H4,74,75,81)(H4,76,77,82)/t35-,36-,37-,38-,39-,40-,41-,42-,43-,44-,45-,46-,47-,48-/m0/s1. The summed E-state index contributed by atoms with van der Waals surface area (Å²) in [4.78, 5) is 188. The summed E-state index contributed by atoms with van der Waals surface area (Å²) in [6.07, 6.45) is 1.13. The zero-order chi connectivity index (χ0) is 80.5. The fourth-order valence-corrected chi connectivity index (χ4v) is 10.2. The van der Waals surface area contributed by atoms with E-state index in [4.69, 9.17) is 68.8 Å². The highest BCUT2D eigenvalue weighted by atomic mass is 16.2. The highest BCUT2D eigenvalue weighted by molar-refractivity contribution is 6.00. The third-order valence-electron chi connectivity index (χ3n) is 16.9. The molecule has 0 unspecified atom stereocenters. The fourth-order valence-electron chi connectivity index (χ4n) is 10.2. The summed E-state index contributed by atoms with van der Waals surface area (Å²) in [5.74, 6) is -13.7. The summed E-state index contributed by atoms with van der Waals surface area (Å²) in [6, 6.07) is -15.5. The van der Waals surface area contributed by atoms with E-state index in [0.29, 0.717) is 6.42 Å². The fraction of sp³-hybridized carbons (Fsp3) is 0.738. The van der Waals surface area contributed by atoms with E-state index in [0.717, 1.165) is 0 Å². The number of amides is 12. The number of rotatable bonds is 51. The quantitative estimate of drug-likeness (QED) is 0.0153. The molecular formula is C65H126N28O12. The van der Waals surface area contributed by atoms with Gasteiger partial charge in [-0.25, -0.2) is 0 Å². The molecule has 0 aromatic heterocycles. The van der Waals surface area contributed by atoms with Crippen LogP contribution < -0.4 is 127 Å². The van der Waals surface area contributed by atoms with Crippen LogP contribution in [0.4, 0.5) is 0 Å². The van der Waals surface area contributed by atoms with Crippen molar-refractivity contribution in [2.24, 2.45) is 129 Å². The summed E-state index contributed by atoms with van der Waals surface area (Å²) in [7, 11) is 0. The van der Waals surface area contributed by atoms with Crippen molar-refractivity contribution in [1.82, 2.24) is 58.5 Å². The second-order valence-electron chi connectivity index (χ2n) is 27.5. The molecule has 0 aliphatic carbocycles. The molecule has 0 radical (unpaired) electrons. The van der Waals surface area contributed by atoms with E-state index in [-0.39, 0.29) is 145 Å². The topological polar surface area (TPSA) is 711 Å². The van der Waals surface area contributed by atoms with Gasteiger partial charge in [-0.2, -0.15) is 0 Å². The number of hydrogen-bond acceptors (Lipinski definition) is 18. The average Bonchev–Trinajstić information content (AvgIpc) is 0.851. The van der Waals surface area contributed by atoms with E-state index in [1.165, 1.54) is 6.92 Å². The van der Waals surface area contributed by atoms with E-state index in [2.05, 4.69) is 83.4 Å². The number of nitrogens with zero attached hydrogens (tertiary/aromatic N) is 5. The first-order valence-corrected chi connectivity index (χ1v) is 35.7. The van der Waals surface area contributed by atoms with Crippen LogP contribution in [0.5, 0.6) is 0 Å². The Bertz CT molecular complexity index is 2980. The van der Waals surface area contributed by atoms with Crippen molar-refractivity contribution in [2.75, 3.05) is 32.7 Å². The van der Waals surface area contributed by atoms with Crippen LogP contribution in [-0.4, -0.2) is 206 Å². The van der Waals surface area contributed by atoms with Gasteiger partial charge in [0.25, 0.3) is 0 Å². The normalized spacial score (nSPS) is 15.1. The number of primary amides is 1. The first-order chi connectivity index (χ1) is 49.0. The Balaban J connectivity index is 7.02. The van der Waals surface area contributed by atoms with Crippen molar-refractivity contribution in [3.8, 4) is 0 Å². The smallest absolute Gasteiger partial charge is 0.243 e. The third kappa shape index (κ3) is 38.3. The number of aliphatic imine (C=N–C) groups is 5. The Hall–Kier alpha value is -10.0. The third-order valence-corrected chi connectivity index (χ3v) is 16.9. The summed E-state index contributed by atoms with van der Waals surface area (Å²) < 4.78 is 0. The van der Waals surface area contributed by atoms with Crippen molar-refractivity contribution in [3.63, 3.8) is 0 Å². The molecular weight excluding hydrogens is 1360 g/mol. The highest BCUT2D eigenvalue weighted by Crippen LogP contribution is 2.16. The van der Waals surface area contributed by atoms with E-state index >= 15 is 0 Å². The molecule has 40 heteroatoms. The summed E-state index contributed by atoms with van der Waals surface area (Å²) in [5.41, 5.74) is 66.9. The molecule has 40 nitrogen and oxygen atoms in total. The highest BCUT2D eigenvalue weighted by Gasteiger charge is 2.39. The Morgan fingerprint density at radius 2 is 0.552 bits per heavy atom. The molecule has 0 bridgehead atoms. The number of nitrogens with two attached hydrogens (primary N) is 12. The molecule has 598 valence electrons. The van der Waals surface area contributed by atoms with E-state index in [1.54, 1.807) is 69.2 Å². The number of carbonyl (C=O) groups is 12. The molecule has 0 saturated heterocycles. The first kappa shape index (κ1) is 94.9. The number of guanidine groups is 5. The Morgan fingerprint density at radius 1 is 0.286 bits per heavy atom. The molecule has 0 spiro atoms. The molecule has 0 aliphatic heterocycles. The van der Waals surface area contributed by atoms with Crippen LogP contribution >= 0.6 is 0 Å². The van der Waals surface area contributed by atoms with E-state index < -0.39 is 167 Å². The van der Waals surface area contributed by atoms with Crippen LogP contribution in [0.3, 0.4) is 0 Å². The summed E-state index contributed by atoms with van der Waals surface area (Å²) in [6.45, 7) is 21.9. The van der Waals surface area contributed by atoms with Gasteiger partial charge in [-0.3, -0.25) is 82.5 Å². The van der Waals surface area contributed by atoms with Gasteiger partial charge in [-0.05, 0) is 107 Å². The van der Waals surface area contributed by atoms with Crippen molar-refractivity contribution in [2.45, 2.75) is 240 Å². The predicted octanol–water partition coefficient (Wildman–Crippen LogP) is -6.86. The van der Waals surface area contributed by atoms with Gasteiger partial charge in [-0.1, -0.05) is 95.9 Å².